The molecule has 0 saturated heterocycles. The average molecular weight is 342 g/mol. The minimum Gasteiger partial charge on any atom is -0.413 e. The summed E-state index contributed by atoms with van der Waals surface area (Å²) in [4.78, 5) is 4.34. The number of rotatable bonds is 4. The quantitative estimate of drug-likeness (QED) is 0.703. The Labute approximate surface area is 126 Å². The molecular formula is C15H24BrNOSi. The van der Waals surface area contributed by atoms with E-state index in [0.29, 0.717) is 6.61 Å². The molecule has 0 bridgehead atoms. The molecule has 4 heteroatoms. The van der Waals surface area contributed by atoms with Crippen molar-refractivity contribution in [1.29, 1.82) is 0 Å². The van der Waals surface area contributed by atoms with E-state index < -0.39 is 8.32 Å². The van der Waals surface area contributed by atoms with Crippen molar-refractivity contribution in [2.75, 3.05) is 6.61 Å². The number of nitrogens with zero attached hydrogens (tertiary/aromatic N) is 1. The van der Waals surface area contributed by atoms with E-state index in [1.807, 2.05) is 13.1 Å². The lowest BCUT2D eigenvalue weighted by molar-refractivity contribution is 0.334. The van der Waals surface area contributed by atoms with Crippen LogP contribution in [-0.4, -0.2) is 19.9 Å². The largest absolute Gasteiger partial charge is 0.413 e. The van der Waals surface area contributed by atoms with Crippen molar-refractivity contribution in [3.8, 4) is 0 Å². The second kappa shape index (κ2) is 5.90. The maximum Gasteiger partial charge on any atom is 0.192 e. The second-order valence-corrected chi connectivity index (χ2v) is 12.1. The predicted molar refractivity (Wildman–Crippen MR) is 88.9 cm³/mol. The summed E-state index contributed by atoms with van der Waals surface area (Å²) in [6.07, 6.45) is 1.86. The fourth-order valence-corrected chi connectivity index (χ4v) is 2.58. The third-order valence-corrected chi connectivity index (χ3v) is 9.13. The van der Waals surface area contributed by atoms with Gasteiger partial charge in [0.25, 0.3) is 0 Å². The molecular weight excluding hydrogens is 318 g/mol. The van der Waals surface area contributed by atoms with Crippen molar-refractivity contribution in [2.45, 2.75) is 45.8 Å². The van der Waals surface area contributed by atoms with E-state index in [0.717, 1.165) is 21.3 Å². The molecule has 1 aromatic rings. The third kappa shape index (κ3) is 4.26. The molecule has 0 spiro atoms. The summed E-state index contributed by atoms with van der Waals surface area (Å²) in [5.74, 6) is 0. The first kappa shape index (κ1) is 16.6. The van der Waals surface area contributed by atoms with Crippen LogP contribution in [0.1, 0.15) is 32.0 Å². The minimum atomic E-state index is -1.72. The normalized spacial score (nSPS) is 12.6. The first-order valence-electron chi connectivity index (χ1n) is 6.49. The molecule has 0 aliphatic carbocycles. The molecule has 106 valence electrons. The smallest absolute Gasteiger partial charge is 0.192 e. The topological polar surface area (TPSA) is 22.1 Å². The van der Waals surface area contributed by atoms with Crippen molar-refractivity contribution in [3.63, 3.8) is 0 Å². The van der Waals surface area contributed by atoms with E-state index in [1.54, 1.807) is 0 Å². The standard InChI is InChI=1S/C15H24BrNOSi/c1-11(10-18-19(6,7)15(3,4)5)13-8-14(16)12(2)17-9-13/h8-9H,1,10H2,2-7H3. The second-order valence-electron chi connectivity index (χ2n) is 6.44. The Balaban J connectivity index is 2.73. The van der Waals surface area contributed by atoms with E-state index in [-0.39, 0.29) is 5.04 Å². The molecule has 0 aliphatic heterocycles. The van der Waals surface area contributed by atoms with E-state index >= 15 is 0 Å². The Morgan fingerprint density at radius 2 is 2.00 bits per heavy atom. The molecule has 0 unspecified atom stereocenters. The Bertz CT molecular complexity index is 478. The molecule has 0 aromatic carbocycles. The van der Waals surface area contributed by atoms with Crippen LogP contribution in [0.5, 0.6) is 0 Å². The van der Waals surface area contributed by atoms with Crippen LogP contribution < -0.4 is 0 Å². The number of pyridine rings is 1. The number of halogens is 1. The number of hydrogen-bond donors (Lipinski definition) is 0. The molecule has 0 aliphatic rings. The number of aromatic nitrogens is 1. The van der Waals surface area contributed by atoms with Crippen LogP contribution in [0.2, 0.25) is 18.1 Å². The monoisotopic (exact) mass is 341 g/mol. The molecule has 0 fully saturated rings. The van der Waals surface area contributed by atoms with Gasteiger partial charge in [-0.15, -0.1) is 0 Å². The van der Waals surface area contributed by atoms with Crippen molar-refractivity contribution in [3.05, 3.63) is 34.6 Å². The molecule has 0 amide bonds. The van der Waals surface area contributed by atoms with Crippen molar-refractivity contribution in [2.24, 2.45) is 0 Å². The van der Waals surface area contributed by atoms with Gasteiger partial charge in [-0.1, -0.05) is 27.4 Å². The van der Waals surface area contributed by atoms with Crippen LogP contribution in [0.15, 0.2) is 23.3 Å². The van der Waals surface area contributed by atoms with E-state index in [9.17, 15) is 0 Å². The van der Waals surface area contributed by atoms with Crippen LogP contribution in [0.25, 0.3) is 5.57 Å². The van der Waals surface area contributed by atoms with Crippen LogP contribution >= 0.6 is 15.9 Å². The third-order valence-electron chi connectivity index (χ3n) is 3.85. The van der Waals surface area contributed by atoms with Gasteiger partial charge in [-0.2, -0.15) is 0 Å². The Morgan fingerprint density at radius 1 is 1.42 bits per heavy atom. The molecule has 0 atom stereocenters. The maximum atomic E-state index is 6.18. The highest BCUT2D eigenvalue weighted by Gasteiger charge is 2.37. The van der Waals surface area contributed by atoms with Gasteiger partial charge in [-0.05, 0) is 58.2 Å². The molecule has 0 N–H and O–H groups in total. The van der Waals surface area contributed by atoms with Crippen molar-refractivity contribution < 1.29 is 4.43 Å². The summed E-state index contributed by atoms with van der Waals surface area (Å²) in [7, 11) is -1.72. The van der Waals surface area contributed by atoms with Crippen LogP contribution in [0, 0.1) is 6.92 Å². The number of hydrogen-bond acceptors (Lipinski definition) is 2. The summed E-state index contributed by atoms with van der Waals surface area (Å²) in [5.41, 5.74) is 3.01. The summed E-state index contributed by atoms with van der Waals surface area (Å²) < 4.78 is 7.19. The highest BCUT2D eigenvalue weighted by molar-refractivity contribution is 9.10. The Kier molecular flexibility index (Phi) is 5.15. The van der Waals surface area contributed by atoms with Crippen molar-refractivity contribution >= 4 is 29.8 Å². The molecule has 19 heavy (non-hydrogen) atoms. The number of aryl methyl sites for hydroxylation is 1. The van der Waals surface area contributed by atoms with Gasteiger partial charge in [0.15, 0.2) is 8.32 Å². The summed E-state index contributed by atoms with van der Waals surface area (Å²) in [5, 5.41) is 0.222. The highest BCUT2D eigenvalue weighted by Crippen LogP contribution is 2.37. The van der Waals surface area contributed by atoms with Gasteiger partial charge in [0.2, 0.25) is 0 Å². The van der Waals surface area contributed by atoms with E-state index in [2.05, 4.69) is 67.4 Å². The minimum absolute atomic E-state index is 0.222. The van der Waals surface area contributed by atoms with Gasteiger partial charge in [0, 0.05) is 10.7 Å². The molecule has 1 heterocycles. The summed E-state index contributed by atoms with van der Waals surface area (Å²) in [6, 6.07) is 2.06. The van der Waals surface area contributed by atoms with Crippen LogP contribution in [-0.2, 0) is 4.43 Å². The zero-order chi connectivity index (χ0) is 14.8. The van der Waals surface area contributed by atoms with Gasteiger partial charge in [0.05, 0.1) is 12.3 Å². The van der Waals surface area contributed by atoms with E-state index in [1.165, 1.54) is 0 Å². The first-order chi connectivity index (χ1) is 8.54. The zero-order valence-corrected chi connectivity index (χ0v) is 15.4. The van der Waals surface area contributed by atoms with Crippen LogP contribution in [0.3, 0.4) is 0 Å². The first-order valence-corrected chi connectivity index (χ1v) is 10.2. The highest BCUT2D eigenvalue weighted by atomic mass is 79.9. The lowest BCUT2D eigenvalue weighted by Crippen LogP contribution is -2.41. The fraction of sp³-hybridized carbons (Fsp3) is 0.533. The summed E-state index contributed by atoms with van der Waals surface area (Å²) in [6.45, 7) is 17.9. The lowest BCUT2D eigenvalue weighted by Gasteiger charge is -2.36. The molecule has 0 saturated carbocycles. The Morgan fingerprint density at radius 3 is 2.47 bits per heavy atom. The van der Waals surface area contributed by atoms with Gasteiger partial charge in [0.1, 0.15) is 0 Å². The Hall–Kier alpha value is -0.453. The van der Waals surface area contributed by atoms with Gasteiger partial charge < -0.3 is 4.43 Å². The maximum absolute atomic E-state index is 6.18. The molecule has 1 aromatic heterocycles. The van der Waals surface area contributed by atoms with Crippen LogP contribution in [0.4, 0.5) is 0 Å². The SMILES string of the molecule is C=C(CO[Si](C)(C)C(C)(C)C)c1cnc(C)c(Br)c1. The van der Waals surface area contributed by atoms with Gasteiger partial charge in [-0.3, -0.25) is 4.98 Å². The average Bonchev–Trinajstić information content (AvgIpc) is 2.28. The molecule has 1 rings (SSSR count). The summed E-state index contributed by atoms with van der Waals surface area (Å²) >= 11 is 3.50. The van der Waals surface area contributed by atoms with Gasteiger partial charge in [-0.25, -0.2) is 0 Å². The zero-order valence-electron chi connectivity index (χ0n) is 12.8. The molecule has 0 radical (unpaired) electrons. The van der Waals surface area contributed by atoms with E-state index in [4.69, 9.17) is 4.43 Å². The van der Waals surface area contributed by atoms with Gasteiger partial charge >= 0.3 is 0 Å². The molecule has 2 nitrogen and oxygen atoms in total. The predicted octanol–water partition coefficient (Wildman–Crippen LogP) is 5.19. The van der Waals surface area contributed by atoms with Crippen molar-refractivity contribution in [1.82, 2.24) is 4.98 Å². The fourth-order valence-electron chi connectivity index (χ4n) is 1.27. The lowest BCUT2D eigenvalue weighted by atomic mass is 10.1.